The van der Waals surface area contributed by atoms with Crippen LogP contribution in [0.5, 0.6) is 0 Å². The van der Waals surface area contributed by atoms with E-state index in [1.807, 2.05) is 30.3 Å². The molecule has 1 amide bonds. The fourth-order valence-corrected chi connectivity index (χ4v) is 2.41. The smallest absolute Gasteiger partial charge is 0.251 e. The quantitative estimate of drug-likeness (QED) is 0.666. The molecule has 2 rings (SSSR count). The third-order valence-electron chi connectivity index (χ3n) is 2.81. The summed E-state index contributed by atoms with van der Waals surface area (Å²) in [6, 6.07) is 9.74. The third kappa shape index (κ3) is 3.18. The molecule has 0 atom stereocenters. The number of carbonyl (C=O) groups excluding carboxylic acids is 1. The molecule has 1 aliphatic heterocycles. The van der Waals surface area contributed by atoms with Crippen LogP contribution in [0.1, 0.15) is 23.2 Å². The molecule has 1 saturated heterocycles. The fourth-order valence-electron chi connectivity index (χ4n) is 1.85. The molecule has 86 valence electrons. The van der Waals surface area contributed by atoms with E-state index in [-0.39, 0.29) is 5.91 Å². The van der Waals surface area contributed by atoms with E-state index in [4.69, 9.17) is 0 Å². The molecule has 0 bridgehead atoms. The number of hydrogen-bond donors (Lipinski definition) is 1. The average molecular weight is 330 g/mol. The standard InChI is InChI=1S/C12H15IN2O/c13-15-8-6-11(7-9-15)14-12(16)10-4-2-1-3-5-10/h1-5,11H,6-9H2,(H,14,16). The van der Waals surface area contributed by atoms with Crippen LogP contribution in [0, 0.1) is 0 Å². The van der Waals surface area contributed by atoms with Crippen LogP contribution in [0.4, 0.5) is 0 Å². The summed E-state index contributed by atoms with van der Waals surface area (Å²) in [6.45, 7) is 2.11. The van der Waals surface area contributed by atoms with Crippen molar-refractivity contribution in [1.82, 2.24) is 8.43 Å². The number of nitrogens with zero attached hydrogens (tertiary/aromatic N) is 1. The van der Waals surface area contributed by atoms with Gasteiger partial charge < -0.3 is 5.32 Å². The van der Waals surface area contributed by atoms with Crippen LogP contribution in [0.25, 0.3) is 0 Å². The molecule has 16 heavy (non-hydrogen) atoms. The van der Waals surface area contributed by atoms with Crippen molar-refractivity contribution in [3.05, 3.63) is 35.9 Å². The molecule has 0 spiro atoms. The highest BCUT2D eigenvalue weighted by Gasteiger charge is 2.19. The Morgan fingerprint density at radius 1 is 1.25 bits per heavy atom. The first-order chi connectivity index (χ1) is 7.75. The Balaban J connectivity index is 1.88. The Kier molecular flexibility index (Phi) is 4.17. The lowest BCUT2D eigenvalue weighted by atomic mass is 10.1. The SMILES string of the molecule is O=C(NC1CCN(I)CC1)c1ccccc1. The Bertz CT molecular complexity index is 347. The lowest BCUT2D eigenvalue weighted by molar-refractivity contribution is 0.0925. The van der Waals surface area contributed by atoms with Crippen molar-refractivity contribution in [3.63, 3.8) is 0 Å². The van der Waals surface area contributed by atoms with Gasteiger partial charge in [-0.2, -0.15) is 0 Å². The maximum atomic E-state index is 11.9. The predicted molar refractivity (Wildman–Crippen MR) is 72.5 cm³/mol. The second-order valence-electron chi connectivity index (χ2n) is 4.02. The Labute approximate surface area is 110 Å². The van der Waals surface area contributed by atoms with Gasteiger partial charge in [-0.15, -0.1) is 0 Å². The average Bonchev–Trinajstić information content (AvgIpc) is 2.33. The van der Waals surface area contributed by atoms with Crippen LogP contribution in [0.3, 0.4) is 0 Å². The van der Waals surface area contributed by atoms with E-state index in [1.165, 1.54) is 0 Å². The van der Waals surface area contributed by atoms with Crippen LogP contribution in [0.2, 0.25) is 0 Å². The van der Waals surface area contributed by atoms with Crippen LogP contribution in [-0.4, -0.2) is 28.2 Å². The van der Waals surface area contributed by atoms with Crippen molar-refractivity contribution in [3.8, 4) is 0 Å². The van der Waals surface area contributed by atoms with Gasteiger partial charge >= 0.3 is 0 Å². The second kappa shape index (κ2) is 5.63. The summed E-state index contributed by atoms with van der Waals surface area (Å²) in [7, 11) is 0. The van der Waals surface area contributed by atoms with E-state index >= 15 is 0 Å². The van der Waals surface area contributed by atoms with Gasteiger partial charge in [0.05, 0.1) is 0 Å². The van der Waals surface area contributed by atoms with Crippen molar-refractivity contribution >= 4 is 28.8 Å². The van der Waals surface area contributed by atoms with Gasteiger partial charge in [-0.05, 0) is 25.0 Å². The molecular formula is C12H15IN2O. The van der Waals surface area contributed by atoms with E-state index in [1.54, 1.807) is 0 Å². The van der Waals surface area contributed by atoms with E-state index in [0.29, 0.717) is 6.04 Å². The molecule has 1 fully saturated rings. The van der Waals surface area contributed by atoms with Crippen molar-refractivity contribution < 1.29 is 4.79 Å². The molecule has 0 saturated carbocycles. The van der Waals surface area contributed by atoms with Crippen molar-refractivity contribution in [2.24, 2.45) is 0 Å². The van der Waals surface area contributed by atoms with Gasteiger partial charge in [0.25, 0.3) is 5.91 Å². The number of carbonyl (C=O) groups is 1. The molecule has 1 aromatic carbocycles. The third-order valence-corrected chi connectivity index (χ3v) is 3.78. The Morgan fingerprint density at radius 3 is 2.50 bits per heavy atom. The molecule has 0 radical (unpaired) electrons. The van der Waals surface area contributed by atoms with Crippen LogP contribution in [0.15, 0.2) is 30.3 Å². The molecule has 1 aromatic rings. The lowest BCUT2D eigenvalue weighted by Crippen LogP contribution is -2.41. The van der Waals surface area contributed by atoms with Gasteiger partial charge in [0.1, 0.15) is 0 Å². The van der Waals surface area contributed by atoms with E-state index < -0.39 is 0 Å². The van der Waals surface area contributed by atoms with Gasteiger partial charge in [-0.25, -0.2) is 3.11 Å². The van der Waals surface area contributed by atoms with Gasteiger partial charge in [-0.3, -0.25) is 4.79 Å². The minimum absolute atomic E-state index is 0.0486. The number of piperidine rings is 1. The summed E-state index contributed by atoms with van der Waals surface area (Å²) < 4.78 is 2.27. The van der Waals surface area contributed by atoms with Crippen LogP contribution in [-0.2, 0) is 0 Å². The molecule has 0 unspecified atom stereocenters. The van der Waals surface area contributed by atoms with Gasteiger partial charge in [0.15, 0.2) is 0 Å². The van der Waals surface area contributed by atoms with E-state index in [0.717, 1.165) is 31.5 Å². The summed E-state index contributed by atoms with van der Waals surface area (Å²) >= 11 is 2.33. The molecule has 1 aliphatic rings. The number of benzene rings is 1. The molecule has 1 N–H and O–H groups in total. The molecule has 1 heterocycles. The number of hydrogen-bond acceptors (Lipinski definition) is 2. The lowest BCUT2D eigenvalue weighted by Gasteiger charge is -2.28. The highest BCUT2D eigenvalue weighted by atomic mass is 127. The van der Waals surface area contributed by atoms with Crippen LogP contribution >= 0.6 is 22.9 Å². The zero-order valence-electron chi connectivity index (χ0n) is 9.03. The van der Waals surface area contributed by atoms with E-state index in [2.05, 4.69) is 31.3 Å². The van der Waals surface area contributed by atoms with Gasteiger partial charge in [0, 0.05) is 47.6 Å². The second-order valence-corrected chi connectivity index (χ2v) is 5.39. The Hall–Kier alpha value is -0.620. The van der Waals surface area contributed by atoms with E-state index in [9.17, 15) is 4.79 Å². The zero-order valence-corrected chi connectivity index (χ0v) is 11.2. The molecule has 4 heteroatoms. The normalized spacial score (nSPS) is 18.3. The first kappa shape index (κ1) is 11.9. The molecule has 0 aromatic heterocycles. The van der Waals surface area contributed by atoms with Crippen molar-refractivity contribution in [2.45, 2.75) is 18.9 Å². The topological polar surface area (TPSA) is 32.3 Å². The van der Waals surface area contributed by atoms with Crippen LogP contribution < -0.4 is 5.32 Å². The fraction of sp³-hybridized carbons (Fsp3) is 0.417. The number of halogens is 1. The zero-order chi connectivity index (χ0) is 11.4. The Morgan fingerprint density at radius 2 is 1.88 bits per heavy atom. The summed E-state index contributed by atoms with van der Waals surface area (Å²) in [5.41, 5.74) is 0.749. The largest absolute Gasteiger partial charge is 0.349 e. The summed E-state index contributed by atoms with van der Waals surface area (Å²) in [6.07, 6.45) is 2.09. The predicted octanol–water partition coefficient (Wildman–Crippen LogP) is 2.23. The summed E-state index contributed by atoms with van der Waals surface area (Å²) in [4.78, 5) is 11.9. The van der Waals surface area contributed by atoms with Crippen molar-refractivity contribution in [2.75, 3.05) is 13.1 Å². The molecule has 0 aliphatic carbocycles. The van der Waals surface area contributed by atoms with Crippen molar-refractivity contribution in [1.29, 1.82) is 0 Å². The highest BCUT2D eigenvalue weighted by molar-refractivity contribution is 14.1. The minimum atomic E-state index is 0.0486. The van der Waals surface area contributed by atoms with Gasteiger partial charge in [0.2, 0.25) is 0 Å². The number of rotatable bonds is 2. The maximum Gasteiger partial charge on any atom is 0.251 e. The first-order valence-electron chi connectivity index (χ1n) is 5.52. The highest BCUT2D eigenvalue weighted by Crippen LogP contribution is 2.14. The minimum Gasteiger partial charge on any atom is -0.349 e. The molecule has 3 nitrogen and oxygen atoms in total. The summed E-state index contributed by atoms with van der Waals surface area (Å²) in [5, 5.41) is 3.09. The van der Waals surface area contributed by atoms with Gasteiger partial charge in [-0.1, -0.05) is 18.2 Å². The monoisotopic (exact) mass is 330 g/mol. The summed E-state index contributed by atoms with van der Waals surface area (Å²) in [5.74, 6) is 0.0486. The first-order valence-corrected chi connectivity index (χ1v) is 6.49. The maximum absolute atomic E-state index is 11.9. The number of amides is 1. The molecular weight excluding hydrogens is 315 g/mol. The number of nitrogens with one attached hydrogen (secondary N) is 1.